The lowest BCUT2D eigenvalue weighted by atomic mass is 9.77. The number of benzene rings is 3. The van der Waals surface area contributed by atoms with Crippen molar-refractivity contribution in [3.8, 4) is 11.5 Å². The highest BCUT2D eigenvalue weighted by atomic mass is 16.6. The second-order valence-corrected chi connectivity index (χ2v) is 8.43. The second-order valence-electron chi connectivity index (χ2n) is 8.43. The number of carbonyl (C=O) groups is 2. The quantitative estimate of drug-likeness (QED) is 0.525. The van der Waals surface area contributed by atoms with Gasteiger partial charge in [0.05, 0.1) is 11.1 Å². The van der Waals surface area contributed by atoms with E-state index in [9.17, 15) is 9.59 Å². The summed E-state index contributed by atoms with van der Waals surface area (Å²) in [5, 5.41) is 0. The van der Waals surface area contributed by atoms with E-state index in [1.165, 1.54) is 0 Å². The number of rotatable bonds is 1. The van der Waals surface area contributed by atoms with E-state index in [1.54, 1.807) is 18.2 Å². The molecule has 0 N–H and O–H groups in total. The summed E-state index contributed by atoms with van der Waals surface area (Å²) in [6, 6.07) is 19.9. The van der Waals surface area contributed by atoms with Crippen molar-refractivity contribution in [1.29, 1.82) is 0 Å². The highest BCUT2D eigenvalue weighted by Gasteiger charge is 2.53. The van der Waals surface area contributed by atoms with Crippen molar-refractivity contribution in [2.45, 2.75) is 32.0 Å². The van der Waals surface area contributed by atoms with Gasteiger partial charge in [0, 0.05) is 16.7 Å². The third-order valence-electron chi connectivity index (χ3n) is 5.25. The maximum Gasteiger partial charge on any atom is 0.340 e. The summed E-state index contributed by atoms with van der Waals surface area (Å²) in [4.78, 5) is 25.6. The Labute approximate surface area is 174 Å². The summed E-state index contributed by atoms with van der Waals surface area (Å²) >= 11 is 0. The molecular formula is C25H20O5. The molecule has 0 radical (unpaired) electrons. The predicted octanol–water partition coefficient (Wildman–Crippen LogP) is 5.21. The topological polar surface area (TPSA) is 61.8 Å². The number of carbonyl (C=O) groups excluding carboxylic acids is 2. The monoisotopic (exact) mass is 400 g/mol. The Morgan fingerprint density at radius 1 is 0.867 bits per heavy atom. The average Bonchev–Trinajstić information content (AvgIpc) is 3.00. The molecule has 3 aromatic rings. The summed E-state index contributed by atoms with van der Waals surface area (Å²) in [5.74, 6) is 0.333. The molecule has 1 spiro atoms. The Bertz CT molecular complexity index is 1160. The lowest BCUT2D eigenvalue weighted by Gasteiger charge is -2.36. The molecule has 0 aromatic heterocycles. The van der Waals surface area contributed by atoms with Crippen molar-refractivity contribution in [2.75, 3.05) is 0 Å². The molecule has 0 aliphatic carbocycles. The number of para-hydroxylation sites is 2. The van der Waals surface area contributed by atoms with Crippen LogP contribution >= 0.6 is 0 Å². The van der Waals surface area contributed by atoms with Crippen LogP contribution in [0, 0.1) is 0 Å². The molecule has 2 aliphatic rings. The Balaban J connectivity index is 1.76. The lowest BCUT2D eigenvalue weighted by Crippen LogP contribution is -2.33. The maximum atomic E-state index is 12.9. The van der Waals surface area contributed by atoms with Crippen LogP contribution in [0.25, 0.3) is 0 Å². The van der Waals surface area contributed by atoms with Crippen LogP contribution in [0.1, 0.15) is 58.2 Å². The first kappa shape index (κ1) is 18.4. The SMILES string of the molecule is CC(C)(C)OC(=O)c1ccc2c(c1)C1(OC2=O)c2ccccc2Oc2ccccc21. The van der Waals surface area contributed by atoms with Gasteiger partial charge in [-0.3, -0.25) is 0 Å². The predicted molar refractivity (Wildman–Crippen MR) is 110 cm³/mol. The van der Waals surface area contributed by atoms with Crippen molar-refractivity contribution >= 4 is 11.9 Å². The molecule has 0 saturated heterocycles. The Morgan fingerprint density at radius 2 is 1.47 bits per heavy atom. The first-order valence-electron chi connectivity index (χ1n) is 9.78. The van der Waals surface area contributed by atoms with Gasteiger partial charge in [-0.1, -0.05) is 36.4 Å². The fourth-order valence-electron chi connectivity index (χ4n) is 4.08. The van der Waals surface area contributed by atoms with Crippen LogP contribution in [0.5, 0.6) is 11.5 Å². The van der Waals surface area contributed by atoms with Crippen LogP contribution in [0.15, 0.2) is 66.7 Å². The third-order valence-corrected chi connectivity index (χ3v) is 5.25. The van der Waals surface area contributed by atoms with Crippen LogP contribution in [-0.2, 0) is 15.1 Å². The highest BCUT2D eigenvalue weighted by Crippen LogP contribution is 2.55. The largest absolute Gasteiger partial charge is 0.456 e. The Morgan fingerprint density at radius 3 is 2.07 bits per heavy atom. The smallest absolute Gasteiger partial charge is 0.340 e. The summed E-state index contributed by atoms with van der Waals surface area (Å²) in [6.45, 7) is 5.45. The van der Waals surface area contributed by atoms with E-state index in [1.807, 2.05) is 69.3 Å². The van der Waals surface area contributed by atoms with E-state index in [4.69, 9.17) is 14.2 Å². The number of esters is 2. The first-order valence-corrected chi connectivity index (χ1v) is 9.78. The Kier molecular flexibility index (Phi) is 3.81. The van der Waals surface area contributed by atoms with Gasteiger partial charge >= 0.3 is 11.9 Å². The van der Waals surface area contributed by atoms with Gasteiger partial charge in [-0.15, -0.1) is 0 Å². The van der Waals surface area contributed by atoms with Gasteiger partial charge < -0.3 is 14.2 Å². The van der Waals surface area contributed by atoms with Crippen LogP contribution in [0.3, 0.4) is 0 Å². The number of hydrogen-bond donors (Lipinski definition) is 0. The summed E-state index contributed by atoms with van der Waals surface area (Å²) in [6.07, 6.45) is 0. The molecule has 5 heteroatoms. The minimum atomic E-state index is -1.18. The minimum absolute atomic E-state index is 0.364. The van der Waals surface area contributed by atoms with E-state index >= 15 is 0 Å². The molecule has 2 heterocycles. The summed E-state index contributed by atoms with van der Waals surface area (Å²) in [7, 11) is 0. The zero-order chi connectivity index (χ0) is 21.1. The molecule has 0 saturated carbocycles. The van der Waals surface area contributed by atoms with Gasteiger partial charge in [-0.05, 0) is 51.1 Å². The van der Waals surface area contributed by atoms with Crippen LogP contribution < -0.4 is 4.74 Å². The lowest BCUT2D eigenvalue weighted by molar-refractivity contribution is 0.00692. The molecule has 0 bridgehead atoms. The van der Waals surface area contributed by atoms with E-state index in [0.717, 1.165) is 11.1 Å². The number of fused-ring (bicyclic) bond motifs is 6. The van der Waals surface area contributed by atoms with Gasteiger partial charge in [-0.2, -0.15) is 0 Å². The Hall–Kier alpha value is -3.60. The molecule has 3 aromatic carbocycles. The van der Waals surface area contributed by atoms with E-state index < -0.39 is 23.1 Å². The normalized spacial score (nSPS) is 15.5. The van der Waals surface area contributed by atoms with E-state index in [0.29, 0.717) is 28.2 Å². The second kappa shape index (κ2) is 6.20. The van der Waals surface area contributed by atoms with Gasteiger partial charge in [0.15, 0.2) is 5.60 Å². The molecule has 5 nitrogen and oxygen atoms in total. The molecule has 0 atom stereocenters. The van der Waals surface area contributed by atoms with Crippen molar-refractivity contribution in [2.24, 2.45) is 0 Å². The van der Waals surface area contributed by atoms with E-state index in [2.05, 4.69) is 0 Å². The zero-order valence-corrected chi connectivity index (χ0v) is 16.9. The van der Waals surface area contributed by atoms with Gasteiger partial charge in [0.1, 0.15) is 17.1 Å². The zero-order valence-electron chi connectivity index (χ0n) is 16.9. The van der Waals surface area contributed by atoms with Crippen molar-refractivity contribution in [1.82, 2.24) is 0 Å². The van der Waals surface area contributed by atoms with Gasteiger partial charge in [0.25, 0.3) is 0 Å². The minimum Gasteiger partial charge on any atom is -0.456 e. The molecule has 0 fully saturated rings. The molecule has 2 aliphatic heterocycles. The molecule has 150 valence electrons. The molecule has 0 amide bonds. The van der Waals surface area contributed by atoms with Gasteiger partial charge in [-0.25, -0.2) is 9.59 Å². The molecule has 5 rings (SSSR count). The summed E-state index contributed by atoms with van der Waals surface area (Å²) < 4.78 is 17.7. The maximum absolute atomic E-state index is 12.9. The van der Waals surface area contributed by atoms with Crippen LogP contribution in [0.4, 0.5) is 0 Å². The fourth-order valence-corrected chi connectivity index (χ4v) is 4.08. The molecule has 30 heavy (non-hydrogen) atoms. The number of ether oxygens (including phenoxy) is 3. The molecule has 0 unspecified atom stereocenters. The van der Waals surface area contributed by atoms with E-state index in [-0.39, 0.29) is 0 Å². The number of hydrogen-bond acceptors (Lipinski definition) is 5. The summed E-state index contributed by atoms with van der Waals surface area (Å²) in [5.41, 5.74) is 1.03. The highest BCUT2D eigenvalue weighted by molar-refractivity contribution is 5.99. The standard InChI is InChI=1S/C25H20O5/c1-24(2,3)29-22(26)15-12-13-16-19(14-15)25(30-23(16)27)17-8-4-6-10-20(17)28-21-11-7-5-9-18(21)25/h4-14H,1-3H3. The van der Waals surface area contributed by atoms with Crippen LogP contribution in [-0.4, -0.2) is 17.5 Å². The molecular weight excluding hydrogens is 380 g/mol. The van der Waals surface area contributed by atoms with Crippen molar-refractivity contribution in [3.63, 3.8) is 0 Å². The first-order chi connectivity index (χ1) is 14.3. The average molecular weight is 400 g/mol. The van der Waals surface area contributed by atoms with Gasteiger partial charge in [0.2, 0.25) is 0 Å². The fraction of sp³-hybridized carbons (Fsp3) is 0.200. The van der Waals surface area contributed by atoms with Crippen molar-refractivity contribution < 1.29 is 23.8 Å². The third kappa shape index (κ3) is 2.62. The van der Waals surface area contributed by atoms with Crippen LogP contribution in [0.2, 0.25) is 0 Å². The van der Waals surface area contributed by atoms with Crippen molar-refractivity contribution in [3.05, 3.63) is 94.5 Å².